The average Bonchev–Trinajstić information content (AvgIpc) is 2.32. The highest BCUT2D eigenvalue weighted by Gasteiger charge is 2.31. The number of hydrogen-bond donors (Lipinski definition) is 2. The zero-order valence-electron chi connectivity index (χ0n) is 14.4. The zero-order valence-corrected chi connectivity index (χ0v) is 14.4. The molecule has 120 valence electrons. The third kappa shape index (κ3) is 6.55. The first-order valence-corrected chi connectivity index (χ1v) is 8.33. The van der Waals surface area contributed by atoms with Crippen LogP contribution in [0.1, 0.15) is 60.8 Å². The highest BCUT2D eigenvalue weighted by atomic mass is 16.5. The number of aliphatic hydroxyl groups is 1. The molecule has 0 aliphatic heterocycles. The van der Waals surface area contributed by atoms with Gasteiger partial charge in [0.25, 0.3) is 0 Å². The summed E-state index contributed by atoms with van der Waals surface area (Å²) in [6.45, 7) is 14.6. The molecule has 0 radical (unpaired) electrons. The molecular weight excluding hydrogens is 250 g/mol. The predicted molar refractivity (Wildman–Crippen MR) is 83.6 cm³/mol. The number of ether oxygens (including phenoxy) is 1. The maximum Gasteiger partial charge on any atom is 0.126 e. The summed E-state index contributed by atoms with van der Waals surface area (Å²) in [7, 11) is 0. The Kier molecular flexibility index (Phi) is 6.96. The second kappa shape index (κ2) is 7.77. The van der Waals surface area contributed by atoms with Crippen molar-refractivity contribution in [3.8, 4) is 0 Å². The van der Waals surface area contributed by atoms with Gasteiger partial charge in [0.1, 0.15) is 12.6 Å². The molecule has 0 saturated heterocycles. The van der Waals surface area contributed by atoms with Crippen molar-refractivity contribution in [3.63, 3.8) is 0 Å². The van der Waals surface area contributed by atoms with Gasteiger partial charge in [-0.25, -0.2) is 0 Å². The molecule has 0 bridgehead atoms. The first-order valence-electron chi connectivity index (χ1n) is 8.33. The van der Waals surface area contributed by atoms with Crippen molar-refractivity contribution < 1.29 is 15.2 Å². The Morgan fingerprint density at radius 1 is 1.25 bits per heavy atom. The number of aliphatic hydroxyl groups excluding tert-OH is 1. The number of nitrogens with two attached hydrogens (primary N) is 1. The minimum Gasteiger partial charge on any atom is -0.385 e. The van der Waals surface area contributed by atoms with E-state index in [2.05, 4.69) is 46.9 Å². The van der Waals surface area contributed by atoms with Crippen LogP contribution in [0.25, 0.3) is 0 Å². The third-order valence-electron chi connectivity index (χ3n) is 4.47. The molecule has 1 aliphatic rings. The molecule has 0 spiro atoms. The minimum absolute atomic E-state index is 0.167. The van der Waals surface area contributed by atoms with Gasteiger partial charge in [0.2, 0.25) is 0 Å². The van der Waals surface area contributed by atoms with Gasteiger partial charge in [-0.2, -0.15) is 0 Å². The Balaban J connectivity index is 2.37. The summed E-state index contributed by atoms with van der Waals surface area (Å²) in [6, 6.07) is 0. The third-order valence-corrected chi connectivity index (χ3v) is 4.47. The van der Waals surface area contributed by atoms with Crippen molar-refractivity contribution in [1.29, 1.82) is 0 Å². The zero-order chi connectivity index (χ0) is 15.3. The van der Waals surface area contributed by atoms with Gasteiger partial charge in [0.05, 0.1) is 18.2 Å². The summed E-state index contributed by atoms with van der Waals surface area (Å²) in [6.07, 6.45) is 3.72. The molecule has 3 nitrogen and oxygen atoms in total. The van der Waals surface area contributed by atoms with Crippen LogP contribution in [0.5, 0.6) is 0 Å². The van der Waals surface area contributed by atoms with Crippen LogP contribution in [-0.2, 0) is 4.74 Å². The number of rotatable bonds is 6. The molecule has 0 heterocycles. The van der Waals surface area contributed by atoms with Crippen LogP contribution in [-0.4, -0.2) is 36.0 Å². The van der Waals surface area contributed by atoms with E-state index in [4.69, 9.17) is 4.74 Å². The fourth-order valence-electron chi connectivity index (χ4n) is 3.10. The van der Waals surface area contributed by atoms with E-state index in [9.17, 15) is 5.11 Å². The van der Waals surface area contributed by atoms with Crippen LogP contribution in [0.4, 0.5) is 0 Å². The first-order chi connectivity index (χ1) is 9.19. The van der Waals surface area contributed by atoms with Crippen LogP contribution < -0.4 is 5.32 Å². The standard InChI is InChI=1S/C17H35NO2/c1-12(2)15-8-7-13(3)9-16(15)20-11-14(19)10-18-17(4,5)6/h12-16,18-19H,7-11H2,1-6H3/p+1/t13-,14-,15+,16-/m1/s1. The molecule has 3 N–H and O–H groups in total. The molecule has 0 aromatic rings. The molecule has 4 atom stereocenters. The van der Waals surface area contributed by atoms with Crippen molar-refractivity contribution in [3.05, 3.63) is 0 Å². The summed E-state index contributed by atoms with van der Waals surface area (Å²) >= 11 is 0. The Morgan fingerprint density at radius 2 is 1.90 bits per heavy atom. The molecule has 0 amide bonds. The summed E-state index contributed by atoms with van der Waals surface area (Å²) < 4.78 is 6.08. The minimum atomic E-state index is -0.362. The molecule has 1 saturated carbocycles. The van der Waals surface area contributed by atoms with E-state index in [1.807, 2.05) is 0 Å². The molecular formula is C17H36NO2+. The van der Waals surface area contributed by atoms with E-state index >= 15 is 0 Å². The van der Waals surface area contributed by atoms with E-state index in [-0.39, 0.29) is 11.6 Å². The summed E-state index contributed by atoms with van der Waals surface area (Å²) in [5, 5.41) is 12.3. The first kappa shape index (κ1) is 17.9. The van der Waals surface area contributed by atoms with Gasteiger partial charge >= 0.3 is 0 Å². The number of quaternary nitrogens is 1. The maximum atomic E-state index is 10.1. The molecule has 20 heavy (non-hydrogen) atoms. The van der Waals surface area contributed by atoms with Gasteiger partial charge in [-0.15, -0.1) is 0 Å². The summed E-state index contributed by atoms with van der Waals surface area (Å²) in [4.78, 5) is 0. The lowest BCUT2D eigenvalue weighted by atomic mass is 9.75. The van der Waals surface area contributed by atoms with Crippen LogP contribution in [0.15, 0.2) is 0 Å². The second-order valence-electron chi connectivity index (χ2n) is 8.16. The number of hydrogen-bond acceptors (Lipinski definition) is 2. The van der Waals surface area contributed by atoms with E-state index in [0.717, 1.165) is 18.9 Å². The van der Waals surface area contributed by atoms with Crippen molar-refractivity contribution in [2.24, 2.45) is 17.8 Å². The van der Waals surface area contributed by atoms with Crippen LogP contribution in [0.2, 0.25) is 0 Å². The highest BCUT2D eigenvalue weighted by Crippen LogP contribution is 2.35. The lowest BCUT2D eigenvalue weighted by Gasteiger charge is -2.37. The van der Waals surface area contributed by atoms with Crippen molar-refractivity contribution in [2.45, 2.75) is 78.6 Å². The van der Waals surface area contributed by atoms with Crippen molar-refractivity contribution in [2.75, 3.05) is 13.2 Å². The highest BCUT2D eigenvalue weighted by molar-refractivity contribution is 4.81. The Hall–Kier alpha value is -0.120. The molecule has 1 fully saturated rings. The Bertz CT molecular complexity index is 273. The van der Waals surface area contributed by atoms with Gasteiger partial charge < -0.3 is 15.2 Å². The van der Waals surface area contributed by atoms with Crippen LogP contribution >= 0.6 is 0 Å². The molecule has 1 aliphatic carbocycles. The molecule has 0 aromatic heterocycles. The second-order valence-corrected chi connectivity index (χ2v) is 8.16. The maximum absolute atomic E-state index is 10.1. The monoisotopic (exact) mass is 286 g/mol. The van der Waals surface area contributed by atoms with Crippen LogP contribution in [0, 0.1) is 17.8 Å². The van der Waals surface area contributed by atoms with Gasteiger partial charge in [-0.3, -0.25) is 0 Å². The molecule has 0 aromatic carbocycles. The quantitative estimate of drug-likeness (QED) is 0.786. The van der Waals surface area contributed by atoms with Gasteiger partial charge in [-0.1, -0.05) is 27.2 Å². The van der Waals surface area contributed by atoms with E-state index < -0.39 is 0 Å². The average molecular weight is 286 g/mol. The van der Waals surface area contributed by atoms with E-state index in [1.165, 1.54) is 12.8 Å². The Labute approximate surface area is 125 Å². The lowest BCUT2D eigenvalue weighted by molar-refractivity contribution is -0.722. The molecule has 1 rings (SSSR count). The SMILES string of the molecule is CC(C)[C@@H]1CC[C@@H](C)C[C@H]1OC[C@H](O)C[NH2+]C(C)(C)C. The van der Waals surface area contributed by atoms with Crippen molar-refractivity contribution in [1.82, 2.24) is 0 Å². The Morgan fingerprint density at radius 3 is 2.45 bits per heavy atom. The van der Waals surface area contributed by atoms with E-state index in [0.29, 0.717) is 24.5 Å². The topological polar surface area (TPSA) is 46.1 Å². The fraction of sp³-hybridized carbons (Fsp3) is 1.00. The summed E-state index contributed by atoms with van der Waals surface area (Å²) in [5.41, 5.74) is 0.167. The van der Waals surface area contributed by atoms with Gasteiger partial charge in [-0.05, 0) is 51.4 Å². The fourth-order valence-corrected chi connectivity index (χ4v) is 3.10. The smallest absolute Gasteiger partial charge is 0.126 e. The molecule has 3 heteroatoms. The van der Waals surface area contributed by atoms with Crippen LogP contribution in [0.3, 0.4) is 0 Å². The largest absolute Gasteiger partial charge is 0.385 e. The molecule has 0 unspecified atom stereocenters. The normalized spacial score (nSPS) is 29.7. The lowest BCUT2D eigenvalue weighted by Crippen LogP contribution is -2.96. The summed E-state index contributed by atoms with van der Waals surface area (Å²) in [5.74, 6) is 2.09. The van der Waals surface area contributed by atoms with Crippen molar-refractivity contribution >= 4 is 0 Å². The van der Waals surface area contributed by atoms with Gasteiger partial charge in [0, 0.05) is 0 Å². The predicted octanol–water partition coefficient (Wildman–Crippen LogP) is 2.19. The van der Waals surface area contributed by atoms with Gasteiger partial charge in [0.15, 0.2) is 0 Å². The van der Waals surface area contributed by atoms with E-state index in [1.54, 1.807) is 0 Å².